The summed E-state index contributed by atoms with van der Waals surface area (Å²) < 4.78 is 2.01. The topological polar surface area (TPSA) is 4.93 Å². The minimum absolute atomic E-state index is 1.23. The van der Waals surface area contributed by atoms with Crippen molar-refractivity contribution in [1.29, 1.82) is 0 Å². The maximum atomic E-state index is 3.70. The molecule has 0 unspecified atom stereocenters. The molecule has 11 heavy (non-hydrogen) atoms. The summed E-state index contributed by atoms with van der Waals surface area (Å²) in [5, 5.41) is 0. The van der Waals surface area contributed by atoms with Gasteiger partial charge in [-0.3, -0.25) is 0 Å². The molecule has 0 radical (unpaired) electrons. The van der Waals surface area contributed by atoms with Gasteiger partial charge in [0.25, 0.3) is 0 Å². The fraction of sp³-hybridized carbons (Fsp3) is 0.200. The lowest BCUT2D eigenvalue weighted by Crippen LogP contribution is -1.85. The molecule has 1 aromatic heterocycles. The first kappa shape index (κ1) is 7.86. The highest BCUT2D eigenvalue weighted by molar-refractivity contribution is 5.53. The molecule has 1 heterocycles. The van der Waals surface area contributed by atoms with E-state index in [4.69, 9.17) is 0 Å². The van der Waals surface area contributed by atoms with Crippen LogP contribution in [0.5, 0.6) is 0 Å². The molecule has 1 nitrogen and oxygen atoms in total. The van der Waals surface area contributed by atoms with Gasteiger partial charge in [-0.25, -0.2) is 0 Å². The summed E-state index contributed by atoms with van der Waals surface area (Å²) in [6.45, 7) is 7.80. The fourth-order valence-corrected chi connectivity index (χ4v) is 1.10. The Bertz CT molecular complexity index is 279. The molecule has 0 fully saturated rings. The maximum Gasteiger partial charge on any atom is 0.0261 e. The van der Waals surface area contributed by atoms with Crippen molar-refractivity contribution in [3.8, 4) is 0 Å². The van der Waals surface area contributed by atoms with Gasteiger partial charge in [0, 0.05) is 18.1 Å². The van der Waals surface area contributed by atoms with Gasteiger partial charge in [0.2, 0.25) is 0 Å². The molecule has 0 atom stereocenters. The average molecular weight is 147 g/mol. The zero-order chi connectivity index (χ0) is 8.27. The summed E-state index contributed by atoms with van der Waals surface area (Å²) >= 11 is 0. The summed E-state index contributed by atoms with van der Waals surface area (Å²) in [6.07, 6.45) is 7.95. The van der Waals surface area contributed by atoms with Gasteiger partial charge in [0.1, 0.15) is 0 Å². The smallest absolute Gasteiger partial charge is 0.0261 e. The first-order valence-corrected chi connectivity index (χ1v) is 3.72. The van der Waals surface area contributed by atoms with Gasteiger partial charge in [-0.15, -0.1) is 0 Å². The van der Waals surface area contributed by atoms with Crippen molar-refractivity contribution in [3.05, 3.63) is 36.2 Å². The predicted molar refractivity (Wildman–Crippen MR) is 50.3 cm³/mol. The Kier molecular flexibility index (Phi) is 2.32. The number of rotatable bonds is 2. The Morgan fingerprint density at radius 2 is 2.27 bits per heavy atom. The van der Waals surface area contributed by atoms with E-state index in [1.807, 2.05) is 30.0 Å². The number of hydrogen-bond acceptors (Lipinski definition) is 0. The van der Waals surface area contributed by atoms with Crippen LogP contribution in [0.3, 0.4) is 0 Å². The van der Waals surface area contributed by atoms with Crippen molar-refractivity contribution >= 4 is 12.3 Å². The van der Waals surface area contributed by atoms with Gasteiger partial charge in [-0.05, 0) is 25.5 Å². The van der Waals surface area contributed by atoms with Crippen molar-refractivity contribution in [1.82, 2.24) is 4.57 Å². The molecule has 0 aliphatic heterocycles. The van der Waals surface area contributed by atoms with E-state index in [2.05, 4.69) is 25.6 Å². The molecule has 0 amide bonds. The largest absolute Gasteiger partial charge is 0.328 e. The van der Waals surface area contributed by atoms with Gasteiger partial charge < -0.3 is 4.57 Å². The van der Waals surface area contributed by atoms with Crippen LogP contribution >= 0.6 is 0 Å². The third-order valence-electron chi connectivity index (χ3n) is 1.76. The predicted octanol–water partition coefficient (Wildman–Crippen LogP) is 2.93. The number of allylic oxidation sites excluding steroid dienone is 1. The van der Waals surface area contributed by atoms with Crippen LogP contribution in [0.25, 0.3) is 12.3 Å². The van der Waals surface area contributed by atoms with E-state index >= 15 is 0 Å². The Morgan fingerprint density at radius 1 is 1.55 bits per heavy atom. The van der Waals surface area contributed by atoms with E-state index in [0.29, 0.717) is 0 Å². The van der Waals surface area contributed by atoms with E-state index in [1.54, 1.807) is 0 Å². The van der Waals surface area contributed by atoms with Gasteiger partial charge in [-0.2, -0.15) is 0 Å². The molecule has 0 aliphatic carbocycles. The van der Waals surface area contributed by atoms with Crippen LogP contribution in [0.4, 0.5) is 0 Å². The highest BCUT2D eigenvalue weighted by Crippen LogP contribution is 2.11. The minimum atomic E-state index is 1.23. The lowest BCUT2D eigenvalue weighted by molar-refractivity contribution is 1.09. The number of aromatic nitrogens is 1. The highest BCUT2D eigenvalue weighted by Gasteiger charge is 1.96. The van der Waals surface area contributed by atoms with E-state index in [-0.39, 0.29) is 0 Å². The third-order valence-corrected chi connectivity index (χ3v) is 1.76. The van der Waals surface area contributed by atoms with E-state index < -0.39 is 0 Å². The Labute approximate surface area is 67.7 Å². The van der Waals surface area contributed by atoms with Crippen molar-refractivity contribution in [2.75, 3.05) is 0 Å². The minimum Gasteiger partial charge on any atom is -0.328 e. The van der Waals surface area contributed by atoms with Crippen LogP contribution in [-0.2, 0) is 0 Å². The van der Waals surface area contributed by atoms with E-state index in [1.165, 1.54) is 11.3 Å². The fourth-order valence-electron chi connectivity index (χ4n) is 1.10. The molecule has 1 rings (SSSR count). The average Bonchev–Trinajstić information content (AvgIpc) is 2.34. The summed E-state index contributed by atoms with van der Waals surface area (Å²) in [4.78, 5) is 0. The van der Waals surface area contributed by atoms with Gasteiger partial charge in [0.15, 0.2) is 0 Å². The van der Waals surface area contributed by atoms with E-state index in [0.717, 1.165) is 0 Å². The number of nitrogens with zero attached hydrogens (tertiary/aromatic N) is 1. The monoisotopic (exact) mass is 147 g/mol. The molecule has 0 saturated carbocycles. The van der Waals surface area contributed by atoms with Crippen molar-refractivity contribution in [2.24, 2.45) is 0 Å². The summed E-state index contributed by atoms with van der Waals surface area (Å²) in [7, 11) is 0. The second-order valence-electron chi connectivity index (χ2n) is 2.45. The zero-order valence-electron chi connectivity index (χ0n) is 7.04. The molecule has 0 saturated heterocycles. The normalized spacial score (nSPS) is 10.7. The Hall–Kier alpha value is -1.24. The third kappa shape index (κ3) is 1.43. The molecule has 0 N–H and O–H groups in total. The zero-order valence-corrected chi connectivity index (χ0v) is 7.04. The van der Waals surface area contributed by atoms with Crippen molar-refractivity contribution in [3.63, 3.8) is 0 Å². The van der Waals surface area contributed by atoms with Crippen LogP contribution in [-0.4, -0.2) is 4.57 Å². The number of hydrogen-bond donors (Lipinski definition) is 0. The van der Waals surface area contributed by atoms with Crippen LogP contribution in [0.15, 0.2) is 24.9 Å². The lowest BCUT2D eigenvalue weighted by atomic mass is 10.2. The Balaban J connectivity index is 3.09. The van der Waals surface area contributed by atoms with Crippen LogP contribution in [0.2, 0.25) is 0 Å². The maximum absolute atomic E-state index is 3.70. The summed E-state index contributed by atoms with van der Waals surface area (Å²) in [5.41, 5.74) is 2.49. The molecule has 1 heteroatoms. The molecule has 0 aromatic carbocycles. The molecular formula is C10H13N. The van der Waals surface area contributed by atoms with E-state index in [9.17, 15) is 0 Å². The highest BCUT2D eigenvalue weighted by atomic mass is 14.9. The van der Waals surface area contributed by atoms with Crippen molar-refractivity contribution < 1.29 is 0 Å². The molecule has 0 aliphatic rings. The molecule has 0 spiro atoms. The van der Waals surface area contributed by atoms with Crippen molar-refractivity contribution in [2.45, 2.75) is 13.8 Å². The molecular weight excluding hydrogens is 134 g/mol. The lowest BCUT2D eigenvalue weighted by Gasteiger charge is -1.96. The summed E-state index contributed by atoms with van der Waals surface area (Å²) in [5.74, 6) is 0. The summed E-state index contributed by atoms with van der Waals surface area (Å²) in [6, 6.07) is 2.08. The molecule has 58 valence electrons. The first-order valence-electron chi connectivity index (χ1n) is 3.72. The van der Waals surface area contributed by atoms with Crippen LogP contribution < -0.4 is 0 Å². The van der Waals surface area contributed by atoms with Gasteiger partial charge in [0.05, 0.1) is 0 Å². The Morgan fingerprint density at radius 3 is 2.73 bits per heavy atom. The standard InChI is InChI=1S/C10H13N/c1-4-6-10-7-8-11(5-2)9(10)3/h4-8H,2H2,1,3H3/b6-4-. The quantitative estimate of drug-likeness (QED) is 0.606. The second kappa shape index (κ2) is 3.24. The van der Waals surface area contributed by atoms with Gasteiger partial charge in [-0.1, -0.05) is 18.7 Å². The second-order valence-corrected chi connectivity index (χ2v) is 2.45. The van der Waals surface area contributed by atoms with Gasteiger partial charge >= 0.3 is 0 Å². The van der Waals surface area contributed by atoms with Crippen LogP contribution in [0.1, 0.15) is 18.2 Å². The first-order chi connectivity index (χ1) is 5.29. The van der Waals surface area contributed by atoms with Crippen LogP contribution in [0, 0.1) is 6.92 Å². The molecule has 1 aromatic rings. The SMILES string of the molecule is C=Cn1ccc(/C=C\C)c1C. The molecule has 0 bridgehead atoms.